The normalized spacial score (nSPS) is 21.4. The van der Waals surface area contributed by atoms with Gasteiger partial charge in [-0.2, -0.15) is 0 Å². The fraction of sp³-hybridized carbons (Fsp3) is 0.688. The lowest BCUT2D eigenvalue weighted by atomic mass is 9.83. The summed E-state index contributed by atoms with van der Waals surface area (Å²) in [6.07, 6.45) is 5.75. The first-order chi connectivity index (χ1) is 9.49. The third-order valence-corrected chi connectivity index (χ3v) is 4.76. The third kappa shape index (κ3) is 2.81. The Balaban J connectivity index is 2.31. The van der Waals surface area contributed by atoms with E-state index in [1.54, 1.807) is 6.20 Å². The zero-order chi connectivity index (χ0) is 14.8. The summed E-state index contributed by atoms with van der Waals surface area (Å²) >= 11 is 0. The predicted octanol–water partition coefficient (Wildman–Crippen LogP) is 2.66. The molecule has 1 saturated heterocycles. The number of hydrogen-bond donors (Lipinski definition) is 2. The second kappa shape index (κ2) is 6.10. The molecule has 3 N–H and O–H groups in total. The second-order valence-electron chi connectivity index (χ2n) is 6.15. The van der Waals surface area contributed by atoms with Gasteiger partial charge in [0.25, 0.3) is 0 Å². The molecule has 2 unspecified atom stereocenters. The van der Waals surface area contributed by atoms with Crippen LogP contribution in [-0.4, -0.2) is 33.6 Å². The number of pyridine rings is 1. The van der Waals surface area contributed by atoms with E-state index in [0.29, 0.717) is 5.82 Å². The van der Waals surface area contributed by atoms with Gasteiger partial charge in [-0.3, -0.25) is 4.90 Å². The SMILES string of the molecule is CCC(C)(C(O)c1cc(C)cnc1N)N1CCCCC1. The summed E-state index contributed by atoms with van der Waals surface area (Å²) < 4.78 is 0. The highest BCUT2D eigenvalue weighted by atomic mass is 16.3. The highest BCUT2D eigenvalue weighted by Crippen LogP contribution is 2.37. The van der Waals surface area contributed by atoms with E-state index >= 15 is 0 Å². The number of hydrogen-bond acceptors (Lipinski definition) is 4. The molecule has 2 rings (SSSR count). The van der Waals surface area contributed by atoms with Crippen LogP contribution in [0.4, 0.5) is 5.82 Å². The van der Waals surface area contributed by atoms with Gasteiger partial charge in [0.15, 0.2) is 0 Å². The minimum Gasteiger partial charge on any atom is -0.386 e. The van der Waals surface area contributed by atoms with Crippen LogP contribution in [0.25, 0.3) is 0 Å². The average molecular weight is 277 g/mol. The van der Waals surface area contributed by atoms with Crippen LogP contribution in [0.5, 0.6) is 0 Å². The fourth-order valence-corrected chi connectivity index (χ4v) is 3.15. The van der Waals surface area contributed by atoms with Crippen molar-refractivity contribution in [2.75, 3.05) is 18.8 Å². The molecule has 1 aromatic heterocycles. The molecule has 1 aliphatic rings. The molecule has 1 aromatic rings. The van der Waals surface area contributed by atoms with Crippen LogP contribution in [0.2, 0.25) is 0 Å². The van der Waals surface area contributed by atoms with Gasteiger partial charge in [0.1, 0.15) is 11.9 Å². The lowest BCUT2D eigenvalue weighted by Crippen LogP contribution is -2.52. The van der Waals surface area contributed by atoms with Crippen molar-refractivity contribution in [3.8, 4) is 0 Å². The van der Waals surface area contributed by atoms with Gasteiger partial charge >= 0.3 is 0 Å². The topological polar surface area (TPSA) is 62.4 Å². The molecule has 20 heavy (non-hydrogen) atoms. The summed E-state index contributed by atoms with van der Waals surface area (Å²) in [6, 6.07) is 1.96. The summed E-state index contributed by atoms with van der Waals surface area (Å²) in [4.78, 5) is 6.61. The summed E-state index contributed by atoms with van der Waals surface area (Å²) in [6.45, 7) is 8.37. The van der Waals surface area contributed by atoms with Crippen molar-refractivity contribution in [3.63, 3.8) is 0 Å². The Labute approximate surface area is 122 Å². The van der Waals surface area contributed by atoms with Gasteiger partial charge in [0, 0.05) is 17.3 Å². The quantitative estimate of drug-likeness (QED) is 0.888. The lowest BCUT2D eigenvalue weighted by Gasteiger charge is -2.46. The number of anilines is 1. The van der Waals surface area contributed by atoms with Crippen LogP contribution in [0, 0.1) is 6.92 Å². The van der Waals surface area contributed by atoms with E-state index in [2.05, 4.69) is 23.7 Å². The van der Waals surface area contributed by atoms with E-state index in [-0.39, 0.29) is 5.54 Å². The number of rotatable bonds is 4. The Hall–Kier alpha value is -1.13. The molecule has 0 aliphatic carbocycles. The molecule has 1 aliphatic heterocycles. The van der Waals surface area contributed by atoms with Crippen LogP contribution in [0.3, 0.4) is 0 Å². The van der Waals surface area contributed by atoms with Crippen molar-refractivity contribution in [3.05, 3.63) is 23.4 Å². The first-order valence-electron chi connectivity index (χ1n) is 7.64. The summed E-state index contributed by atoms with van der Waals surface area (Å²) in [5.74, 6) is 0.444. The zero-order valence-electron chi connectivity index (χ0n) is 12.9. The minimum absolute atomic E-state index is 0.274. The average Bonchev–Trinajstić information content (AvgIpc) is 2.49. The summed E-state index contributed by atoms with van der Waals surface area (Å²) in [5.41, 5.74) is 7.50. The molecular formula is C16H27N3O. The van der Waals surface area contributed by atoms with Gasteiger partial charge in [0.2, 0.25) is 0 Å². The highest BCUT2D eigenvalue weighted by Gasteiger charge is 2.39. The van der Waals surface area contributed by atoms with Gasteiger partial charge < -0.3 is 10.8 Å². The number of aliphatic hydroxyl groups is 1. The molecule has 112 valence electrons. The third-order valence-electron chi connectivity index (χ3n) is 4.76. The van der Waals surface area contributed by atoms with Crippen molar-refractivity contribution < 1.29 is 5.11 Å². The van der Waals surface area contributed by atoms with Gasteiger partial charge in [-0.1, -0.05) is 13.3 Å². The molecule has 4 nitrogen and oxygen atoms in total. The zero-order valence-corrected chi connectivity index (χ0v) is 12.9. The van der Waals surface area contributed by atoms with Crippen LogP contribution >= 0.6 is 0 Å². The Morgan fingerprint density at radius 1 is 1.40 bits per heavy atom. The number of likely N-dealkylation sites (tertiary alicyclic amines) is 1. The van der Waals surface area contributed by atoms with E-state index in [0.717, 1.165) is 30.6 Å². The van der Waals surface area contributed by atoms with Crippen LogP contribution in [-0.2, 0) is 0 Å². The van der Waals surface area contributed by atoms with E-state index in [1.165, 1.54) is 19.3 Å². The molecule has 2 atom stereocenters. The molecule has 0 aromatic carbocycles. The van der Waals surface area contributed by atoms with Crippen molar-refractivity contribution in [1.82, 2.24) is 9.88 Å². The molecule has 0 saturated carbocycles. The van der Waals surface area contributed by atoms with Gasteiger partial charge in [-0.25, -0.2) is 4.98 Å². The summed E-state index contributed by atoms with van der Waals surface area (Å²) in [7, 11) is 0. The van der Waals surface area contributed by atoms with E-state index in [9.17, 15) is 5.11 Å². The molecule has 0 amide bonds. The van der Waals surface area contributed by atoms with Crippen molar-refractivity contribution in [2.45, 2.75) is 58.1 Å². The number of piperidine rings is 1. The van der Waals surface area contributed by atoms with Gasteiger partial charge in [-0.05, 0) is 57.8 Å². The van der Waals surface area contributed by atoms with E-state index < -0.39 is 6.10 Å². The molecule has 0 radical (unpaired) electrons. The molecule has 1 fully saturated rings. The number of aryl methyl sites for hydroxylation is 1. The predicted molar refractivity (Wildman–Crippen MR) is 82.5 cm³/mol. The molecule has 0 bridgehead atoms. The highest BCUT2D eigenvalue weighted by molar-refractivity contribution is 5.43. The monoisotopic (exact) mass is 277 g/mol. The Bertz CT molecular complexity index is 457. The minimum atomic E-state index is -0.599. The van der Waals surface area contributed by atoms with Gasteiger partial charge in [0.05, 0.1) is 0 Å². The molecule has 4 heteroatoms. The number of nitrogens with two attached hydrogens (primary N) is 1. The van der Waals surface area contributed by atoms with E-state index in [1.807, 2.05) is 13.0 Å². The fourth-order valence-electron chi connectivity index (χ4n) is 3.15. The first kappa shape index (κ1) is 15.3. The Kier molecular flexibility index (Phi) is 4.66. The summed E-state index contributed by atoms with van der Waals surface area (Å²) in [5, 5.41) is 10.9. The number of nitrogen functional groups attached to an aromatic ring is 1. The van der Waals surface area contributed by atoms with Crippen molar-refractivity contribution >= 4 is 5.82 Å². The smallest absolute Gasteiger partial charge is 0.129 e. The van der Waals surface area contributed by atoms with Crippen molar-refractivity contribution in [2.24, 2.45) is 0 Å². The van der Waals surface area contributed by atoms with Gasteiger partial charge in [-0.15, -0.1) is 0 Å². The van der Waals surface area contributed by atoms with Crippen molar-refractivity contribution in [1.29, 1.82) is 0 Å². The number of aliphatic hydroxyl groups excluding tert-OH is 1. The second-order valence-corrected chi connectivity index (χ2v) is 6.15. The molecule has 2 heterocycles. The Morgan fingerprint density at radius 2 is 2.05 bits per heavy atom. The van der Waals surface area contributed by atoms with Crippen LogP contribution < -0.4 is 5.73 Å². The van der Waals surface area contributed by atoms with Crippen LogP contribution in [0.1, 0.15) is 56.8 Å². The standard InChI is InChI=1S/C16H27N3O/c1-4-16(3,19-8-6-5-7-9-19)14(20)13-10-12(2)11-18-15(13)17/h10-11,14,20H,4-9H2,1-3H3,(H2,17,18). The molecular weight excluding hydrogens is 250 g/mol. The first-order valence-corrected chi connectivity index (χ1v) is 7.64. The van der Waals surface area contributed by atoms with E-state index in [4.69, 9.17) is 5.73 Å². The Morgan fingerprint density at radius 3 is 2.65 bits per heavy atom. The maximum Gasteiger partial charge on any atom is 0.129 e. The maximum atomic E-state index is 10.9. The lowest BCUT2D eigenvalue weighted by molar-refractivity contribution is -0.0350. The molecule has 0 spiro atoms. The number of nitrogens with zero attached hydrogens (tertiary/aromatic N) is 2. The maximum absolute atomic E-state index is 10.9. The van der Waals surface area contributed by atoms with Crippen LogP contribution in [0.15, 0.2) is 12.3 Å². The largest absolute Gasteiger partial charge is 0.386 e. The number of aromatic nitrogens is 1.